The van der Waals surface area contributed by atoms with Gasteiger partial charge in [-0.25, -0.2) is 4.79 Å². The molecule has 36 heavy (non-hydrogen) atoms. The molecule has 8 heteroatoms. The van der Waals surface area contributed by atoms with Crippen molar-refractivity contribution in [1.29, 1.82) is 0 Å². The van der Waals surface area contributed by atoms with Gasteiger partial charge in [-0.3, -0.25) is 14.4 Å². The van der Waals surface area contributed by atoms with E-state index in [9.17, 15) is 19.2 Å². The number of ether oxygens (including phenoxy) is 2. The molecule has 5 rings (SSSR count). The molecule has 1 aromatic heterocycles. The molecule has 0 bridgehead atoms. The molecule has 188 valence electrons. The van der Waals surface area contributed by atoms with Gasteiger partial charge in [-0.1, -0.05) is 19.1 Å². The van der Waals surface area contributed by atoms with Crippen LogP contribution in [-0.4, -0.2) is 30.9 Å². The van der Waals surface area contributed by atoms with E-state index in [1.165, 1.54) is 13.4 Å². The molecule has 2 aromatic rings. The van der Waals surface area contributed by atoms with Crippen molar-refractivity contribution in [2.75, 3.05) is 7.11 Å². The Labute approximate surface area is 208 Å². The summed E-state index contributed by atoms with van der Waals surface area (Å²) in [6.45, 7) is 3.56. The Morgan fingerprint density at radius 1 is 1.11 bits per heavy atom. The largest absolute Gasteiger partial charge is 0.468 e. The molecule has 2 heterocycles. The summed E-state index contributed by atoms with van der Waals surface area (Å²) in [4.78, 5) is 53.7. The molecule has 0 amide bonds. The van der Waals surface area contributed by atoms with Gasteiger partial charge < -0.3 is 19.2 Å². The Balaban J connectivity index is 1.69. The number of carbonyl (C=O) groups excluding carboxylic acids is 3. The van der Waals surface area contributed by atoms with E-state index in [1.54, 1.807) is 31.2 Å². The van der Waals surface area contributed by atoms with Crippen LogP contribution in [0.15, 0.2) is 62.3 Å². The molecule has 1 saturated carbocycles. The predicted octanol–water partition coefficient (Wildman–Crippen LogP) is 3.89. The number of allylic oxidation sites excluding steroid dienone is 3. The van der Waals surface area contributed by atoms with Crippen LogP contribution >= 0.6 is 0 Å². The maximum Gasteiger partial charge on any atom is 0.337 e. The second-order valence-electron chi connectivity index (χ2n) is 9.86. The Bertz CT molecular complexity index is 1380. The molecule has 3 atom stereocenters. The molecular formula is C28H29NO7. The normalized spacial score (nSPS) is 24.5. The third-order valence-corrected chi connectivity index (χ3v) is 7.56. The maximum atomic E-state index is 13.8. The van der Waals surface area contributed by atoms with Crippen molar-refractivity contribution in [3.05, 3.63) is 68.9 Å². The number of benzene rings is 1. The smallest absolute Gasteiger partial charge is 0.337 e. The van der Waals surface area contributed by atoms with Gasteiger partial charge in [-0.15, -0.1) is 0 Å². The van der Waals surface area contributed by atoms with E-state index in [0.29, 0.717) is 28.8 Å². The number of hydrogen-bond acceptors (Lipinski definition) is 8. The molecule has 1 aliphatic heterocycles. The Morgan fingerprint density at radius 3 is 2.56 bits per heavy atom. The quantitative estimate of drug-likeness (QED) is 0.506. The van der Waals surface area contributed by atoms with Gasteiger partial charge >= 0.3 is 11.9 Å². The first kappa shape index (κ1) is 24.0. The van der Waals surface area contributed by atoms with Crippen LogP contribution in [0.4, 0.5) is 0 Å². The predicted molar refractivity (Wildman–Crippen MR) is 131 cm³/mol. The lowest BCUT2D eigenvalue weighted by Crippen LogP contribution is -2.44. The molecule has 0 radical (unpaired) electrons. The number of methoxy groups -OCH3 is 1. The highest BCUT2D eigenvalue weighted by Gasteiger charge is 2.48. The standard InChI is InChI=1S/C28H29NO7/c1-14-12-19-24(26(31)21(14)27(32)34-3)23(18-13-35-20-11-7-6-10-17(20)25(18)30)22(15(2)29-19)28(33)36-16-8-4-5-9-16/h6-7,10-11,13-14,16,21,23,29H,4-5,8-9,12H2,1-3H3/t14-,21+,23-/m1/s1. The van der Waals surface area contributed by atoms with Crippen molar-refractivity contribution >= 4 is 28.7 Å². The maximum absolute atomic E-state index is 13.8. The molecule has 1 aromatic carbocycles. The Kier molecular flexibility index (Phi) is 6.28. The lowest BCUT2D eigenvalue weighted by Gasteiger charge is -2.38. The second kappa shape index (κ2) is 9.41. The molecule has 3 aliphatic rings. The van der Waals surface area contributed by atoms with Crippen molar-refractivity contribution < 1.29 is 28.3 Å². The summed E-state index contributed by atoms with van der Waals surface area (Å²) in [7, 11) is 1.25. The summed E-state index contributed by atoms with van der Waals surface area (Å²) < 4.78 is 16.6. The minimum Gasteiger partial charge on any atom is -0.468 e. The summed E-state index contributed by atoms with van der Waals surface area (Å²) >= 11 is 0. The van der Waals surface area contributed by atoms with Gasteiger partial charge in [-0.05, 0) is 57.1 Å². The van der Waals surface area contributed by atoms with E-state index in [-0.39, 0.29) is 34.2 Å². The average Bonchev–Trinajstić information content (AvgIpc) is 3.36. The fourth-order valence-electron chi connectivity index (χ4n) is 5.78. The fourth-order valence-corrected chi connectivity index (χ4v) is 5.78. The number of para-hydroxylation sites is 1. The third kappa shape index (κ3) is 3.94. The third-order valence-electron chi connectivity index (χ3n) is 7.56. The van der Waals surface area contributed by atoms with Crippen LogP contribution in [0.25, 0.3) is 11.0 Å². The summed E-state index contributed by atoms with van der Waals surface area (Å²) in [5.41, 5.74) is 1.75. The van der Waals surface area contributed by atoms with Crippen LogP contribution in [-0.2, 0) is 23.9 Å². The zero-order valence-corrected chi connectivity index (χ0v) is 20.6. The minimum atomic E-state index is -1.03. The SMILES string of the molecule is COC(=O)[C@@H]1C(=O)C2=C(C[C@H]1C)NC(C)=C(C(=O)OC1CCCC1)[C@H]2c1coc2ccccc2c1=O. The van der Waals surface area contributed by atoms with Gasteiger partial charge in [0.1, 0.15) is 17.6 Å². The van der Waals surface area contributed by atoms with Gasteiger partial charge in [0.2, 0.25) is 0 Å². The van der Waals surface area contributed by atoms with E-state index >= 15 is 0 Å². The van der Waals surface area contributed by atoms with Crippen molar-refractivity contribution in [2.24, 2.45) is 11.8 Å². The number of Topliss-reactive ketones (excluding diaryl/α,β-unsaturated/α-hetero) is 1. The fraction of sp³-hybridized carbons (Fsp3) is 0.429. The number of fused-ring (bicyclic) bond motifs is 1. The number of esters is 2. The van der Waals surface area contributed by atoms with E-state index in [0.717, 1.165) is 25.7 Å². The van der Waals surface area contributed by atoms with Crippen LogP contribution in [0.3, 0.4) is 0 Å². The molecule has 1 N–H and O–H groups in total. The van der Waals surface area contributed by atoms with Crippen molar-refractivity contribution in [2.45, 2.75) is 58.0 Å². The number of ketones is 1. The van der Waals surface area contributed by atoms with Crippen LogP contribution < -0.4 is 10.7 Å². The van der Waals surface area contributed by atoms with E-state index < -0.39 is 29.6 Å². The zero-order valence-electron chi connectivity index (χ0n) is 20.6. The highest BCUT2D eigenvalue weighted by molar-refractivity contribution is 6.12. The molecule has 0 spiro atoms. The molecule has 0 saturated heterocycles. The lowest BCUT2D eigenvalue weighted by atomic mass is 9.69. The minimum absolute atomic E-state index is 0.159. The lowest BCUT2D eigenvalue weighted by molar-refractivity contribution is -0.151. The summed E-state index contributed by atoms with van der Waals surface area (Å²) in [5.74, 6) is -4.04. The molecular weight excluding hydrogens is 462 g/mol. The second-order valence-corrected chi connectivity index (χ2v) is 9.86. The van der Waals surface area contributed by atoms with Gasteiger partial charge in [0.25, 0.3) is 0 Å². The van der Waals surface area contributed by atoms with Crippen LogP contribution in [0.2, 0.25) is 0 Å². The first-order valence-electron chi connectivity index (χ1n) is 12.4. The molecule has 0 unspecified atom stereocenters. The highest BCUT2D eigenvalue weighted by Crippen LogP contribution is 2.45. The number of nitrogens with one attached hydrogen (secondary N) is 1. The number of carbonyl (C=O) groups is 3. The Morgan fingerprint density at radius 2 is 1.83 bits per heavy atom. The Hall–Kier alpha value is -3.68. The van der Waals surface area contributed by atoms with Gasteiger partial charge in [-0.2, -0.15) is 0 Å². The van der Waals surface area contributed by atoms with E-state index in [2.05, 4.69) is 5.32 Å². The first-order valence-corrected chi connectivity index (χ1v) is 12.4. The van der Waals surface area contributed by atoms with E-state index in [4.69, 9.17) is 13.9 Å². The number of dihydropyridines is 1. The van der Waals surface area contributed by atoms with Gasteiger partial charge in [0.05, 0.1) is 30.3 Å². The van der Waals surface area contributed by atoms with Crippen LogP contribution in [0.1, 0.15) is 57.4 Å². The van der Waals surface area contributed by atoms with E-state index in [1.807, 2.05) is 6.92 Å². The summed E-state index contributed by atoms with van der Waals surface area (Å²) in [6, 6.07) is 6.83. The van der Waals surface area contributed by atoms with Crippen molar-refractivity contribution in [1.82, 2.24) is 5.32 Å². The average molecular weight is 492 g/mol. The zero-order chi connectivity index (χ0) is 25.6. The van der Waals surface area contributed by atoms with Crippen LogP contribution in [0.5, 0.6) is 0 Å². The van der Waals surface area contributed by atoms with Crippen molar-refractivity contribution in [3.63, 3.8) is 0 Å². The van der Waals surface area contributed by atoms with Gasteiger partial charge in [0, 0.05) is 22.5 Å². The first-order chi connectivity index (χ1) is 17.3. The summed E-state index contributed by atoms with van der Waals surface area (Å²) in [6.07, 6.45) is 5.04. The molecule has 2 aliphatic carbocycles. The number of hydrogen-bond donors (Lipinski definition) is 1. The molecule has 8 nitrogen and oxygen atoms in total. The monoisotopic (exact) mass is 491 g/mol. The van der Waals surface area contributed by atoms with Gasteiger partial charge in [0.15, 0.2) is 11.2 Å². The molecule has 1 fully saturated rings. The van der Waals surface area contributed by atoms with Crippen LogP contribution in [0, 0.1) is 11.8 Å². The topological polar surface area (TPSA) is 112 Å². The summed E-state index contributed by atoms with van der Waals surface area (Å²) in [5, 5.41) is 3.57. The highest BCUT2D eigenvalue weighted by atomic mass is 16.5. The number of rotatable bonds is 4. The van der Waals surface area contributed by atoms with Crippen molar-refractivity contribution in [3.8, 4) is 0 Å².